The van der Waals surface area contributed by atoms with Crippen molar-refractivity contribution in [3.05, 3.63) is 34.9 Å². The first-order chi connectivity index (χ1) is 11.5. The molecule has 0 heterocycles. The molecule has 0 aromatic heterocycles. The second-order valence-electron chi connectivity index (χ2n) is 6.13. The van der Waals surface area contributed by atoms with Crippen molar-refractivity contribution in [2.24, 2.45) is 0 Å². The third-order valence-corrected chi connectivity index (χ3v) is 4.12. The number of aryl methyl sites for hydroxylation is 2. The Morgan fingerprint density at radius 3 is 2.71 bits per heavy atom. The smallest absolute Gasteiger partial charge is 0.321 e. The molecule has 0 unspecified atom stereocenters. The maximum atomic E-state index is 11.8. The summed E-state index contributed by atoms with van der Waals surface area (Å²) in [6.45, 7) is 3.30. The number of amides is 3. The van der Waals surface area contributed by atoms with Gasteiger partial charge < -0.3 is 10.1 Å². The zero-order chi connectivity index (χ0) is 17.5. The van der Waals surface area contributed by atoms with Gasteiger partial charge in [-0.3, -0.25) is 14.9 Å². The van der Waals surface area contributed by atoms with E-state index in [2.05, 4.69) is 16.7 Å². The lowest BCUT2D eigenvalue weighted by Gasteiger charge is -2.11. The number of esters is 1. The minimum atomic E-state index is -0.641. The largest absolute Gasteiger partial charge is 0.455 e. The Balaban J connectivity index is 1.73. The van der Waals surface area contributed by atoms with Gasteiger partial charge in [0.15, 0.2) is 6.61 Å². The van der Waals surface area contributed by atoms with Crippen molar-refractivity contribution in [2.75, 3.05) is 6.61 Å². The van der Waals surface area contributed by atoms with Crippen LogP contribution >= 0.6 is 0 Å². The molecule has 0 saturated carbocycles. The van der Waals surface area contributed by atoms with Crippen molar-refractivity contribution in [3.8, 4) is 0 Å². The topological polar surface area (TPSA) is 84.5 Å². The van der Waals surface area contributed by atoms with Crippen molar-refractivity contribution >= 4 is 17.9 Å². The molecule has 0 bridgehead atoms. The van der Waals surface area contributed by atoms with Gasteiger partial charge in [0.2, 0.25) is 0 Å². The van der Waals surface area contributed by atoms with E-state index in [0.29, 0.717) is 0 Å². The Labute approximate surface area is 142 Å². The first kappa shape index (κ1) is 18.0. The third kappa shape index (κ3) is 5.37. The average molecular weight is 332 g/mol. The van der Waals surface area contributed by atoms with Crippen molar-refractivity contribution < 1.29 is 19.1 Å². The predicted molar refractivity (Wildman–Crippen MR) is 89.6 cm³/mol. The summed E-state index contributed by atoms with van der Waals surface area (Å²) in [6, 6.07) is 5.40. The van der Waals surface area contributed by atoms with Crippen LogP contribution in [0.15, 0.2) is 18.2 Å². The highest BCUT2D eigenvalue weighted by Gasteiger charge is 2.15. The molecule has 0 saturated heterocycles. The molecule has 6 heteroatoms. The molecule has 2 rings (SSSR count). The Morgan fingerprint density at radius 1 is 1.21 bits per heavy atom. The van der Waals surface area contributed by atoms with Gasteiger partial charge in [0.1, 0.15) is 0 Å². The van der Waals surface area contributed by atoms with Crippen molar-refractivity contribution in [1.29, 1.82) is 0 Å². The number of fused-ring (bicyclic) bond motifs is 1. The lowest BCUT2D eigenvalue weighted by molar-refractivity contribution is -0.147. The minimum absolute atomic E-state index is 0.0276. The molecule has 24 heavy (non-hydrogen) atoms. The number of hydrogen-bond donors (Lipinski definition) is 2. The van der Waals surface area contributed by atoms with Gasteiger partial charge in [-0.15, -0.1) is 0 Å². The predicted octanol–water partition coefficient (Wildman–Crippen LogP) is 1.89. The quantitative estimate of drug-likeness (QED) is 0.779. The third-order valence-electron chi connectivity index (χ3n) is 4.12. The number of carbonyl (C=O) groups excluding carboxylic acids is 3. The van der Waals surface area contributed by atoms with E-state index in [-0.39, 0.29) is 12.5 Å². The first-order valence-corrected chi connectivity index (χ1v) is 8.34. The Morgan fingerprint density at radius 2 is 1.96 bits per heavy atom. The highest BCUT2D eigenvalue weighted by atomic mass is 16.5. The van der Waals surface area contributed by atoms with Crippen LogP contribution in [0.1, 0.15) is 43.4 Å². The standard InChI is InChI=1S/C18H24N2O4/c1-3-12(2)19-18(23)20-16(21)11-24-17(22)10-13-7-8-14-5-4-6-15(14)9-13/h7-9,12H,3-6,10-11H2,1-2H3,(H2,19,20,21,23)/t12-/m0/s1. The lowest BCUT2D eigenvalue weighted by atomic mass is 10.0. The van der Waals surface area contributed by atoms with Crippen LogP contribution in [-0.4, -0.2) is 30.6 Å². The first-order valence-electron chi connectivity index (χ1n) is 8.34. The van der Waals surface area contributed by atoms with E-state index in [1.165, 1.54) is 11.1 Å². The van der Waals surface area contributed by atoms with Gasteiger partial charge in [-0.2, -0.15) is 0 Å². The average Bonchev–Trinajstić information content (AvgIpc) is 3.00. The molecule has 1 aromatic rings. The Hall–Kier alpha value is -2.37. The number of urea groups is 1. The normalized spacial score (nSPS) is 13.8. The number of imide groups is 1. The van der Waals surface area contributed by atoms with Crippen LogP contribution in [0.5, 0.6) is 0 Å². The number of benzene rings is 1. The number of hydrogen-bond acceptors (Lipinski definition) is 4. The van der Waals surface area contributed by atoms with E-state index in [0.717, 1.165) is 31.2 Å². The SMILES string of the molecule is CC[C@H](C)NC(=O)NC(=O)COC(=O)Cc1ccc2c(c1)CCC2. The zero-order valence-electron chi connectivity index (χ0n) is 14.2. The van der Waals surface area contributed by atoms with E-state index in [1.807, 2.05) is 26.0 Å². The molecule has 1 aliphatic carbocycles. The maximum absolute atomic E-state index is 11.8. The summed E-state index contributed by atoms with van der Waals surface area (Å²) >= 11 is 0. The summed E-state index contributed by atoms with van der Waals surface area (Å²) in [5.74, 6) is -1.12. The zero-order valence-corrected chi connectivity index (χ0v) is 14.2. The van der Waals surface area contributed by atoms with E-state index in [9.17, 15) is 14.4 Å². The molecule has 0 aliphatic heterocycles. The van der Waals surface area contributed by atoms with Crippen molar-refractivity contribution in [2.45, 2.75) is 52.0 Å². The molecule has 1 aromatic carbocycles. The minimum Gasteiger partial charge on any atom is -0.455 e. The summed E-state index contributed by atoms with van der Waals surface area (Å²) in [6.07, 6.45) is 4.18. The molecule has 0 fully saturated rings. The molecule has 1 aliphatic rings. The molecule has 1 atom stereocenters. The highest BCUT2D eigenvalue weighted by molar-refractivity contribution is 5.95. The Kier molecular flexibility index (Phi) is 6.35. The van der Waals surface area contributed by atoms with Gasteiger partial charge in [0.25, 0.3) is 5.91 Å². The van der Waals surface area contributed by atoms with Crippen LogP contribution in [-0.2, 0) is 33.6 Å². The van der Waals surface area contributed by atoms with Gasteiger partial charge in [0.05, 0.1) is 6.42 Å². The maximum Gasteiger partial charge on any atom is 0.321 e. The second-order valence-corrected chi connectivity index (χ2v) is 6.13. The Bertz CT molecular complexity index is 627. The molecule has 3 amide bonds. The van der Waals surface area contributed by atoms with Gasteiger partial charge in [-0.25, -0.2) is 4.79 Å². The van der Waals surface area contributed by atoms with Crippen LogP contribution in [0.4, 0.5) is 4.79 Å². The van der Waals surface area contributed by atoms with Gasteiger partial charge in [0, 0.05) is 6.04 Å². The second kappa shape index (κ2) is 8.47. The summed E-state index contributed by atoms with van der Waals surface area (Å²) < 4.78 is 4.93. The highest BCUT2D eigenvalue weighted by Crippen LogP contribution is 2.23. The molecule has 2 N–H and O–H groups in total. The van der Waals surface area contributed by atoms with E-state index < -0.39 is 24.5 Å². The summed E-state index contributed by atoms with van der Waals surface area (Å²) in [7, 11) is 0. The molecule has 130 valence electrons. The van der Waals surface area contributed by atoms with Crippen LogP contribution in [0, 0.1) is 0 Å². The molecule has 0 radical (unpaired) electrons. The van der Waals surface area contributed by atoms with Crippen LogP contribution < -0.4 is 10.6 Å². The summed E-state index contributed by atoms with van der Waals surface area (Å²) in [5.41, 5.74) is 3.52. The van der Waals surface area contributed by atoms with Crippen LogP contribution in [0.2, 0.25) is 0 Å². The number of rotatable bonds is 6. The number of carbonyl (C=O) groups is 3. The molecule has 6 nitrogen and oxygen atoms in total. The van der Waals surface area contributed by atoms with Crippen LogP contribution in [0.25, 0.3) is 0 Å². The van der Waals surface area contributed by atoms with Gasteiger partial charge in [-0.05, 0) is 49.3 Å². The fourth-order valence-corrected chi connectivity index (χ4v) is 2.62. The van der Waals surface area contributed by atoms with E-state index >= 15 is 0 Å². The van der Waals surface area contributed by atoms with Gasteiger partial charge >= 0.3 is 12.0 Å². The van der Waals surface area contributed by atoms with Crippen molar-refractivity contribution in [3.63, 3.8) is 0 Å². The number of nitrogens with one attached hydrogen (secondary N) is 2. The monoisotopic (exact) mass is 332 g/mol. The summed E-state index contributed by atoms with van der Waals surface area (Å²) in [5, 5.41) is 4.73. The molecule has 0 spiro atoms. The van der Waals surface area contributed by atoms with E-state index in [4.69, 9.17) is 4.74 Å². The summed E-state index contributed by atoms with van der Waals surface area (Å²) in [4.78, 5) is 34.9. The van der Waals surface area contributed by atoms with Gasteiger partial charge in [-0.1, -0.05) is 25.1 Å². The lowest BCUT2D eigenvalue weighted by Crippen LogP contribution is -2.44. The van der Waals surface area contributed by atoms with Crippen LogP contribution in [0.3, 0.4) is 0 Å². The molecular weight excluding hydrogens is 308 g/mol. The number of ether oxygens (including phenoxy) is 1. The van der Waals surface area contributed by atoms with Crippen molar-refractivity contribution in [1.82, 2.24) is 10.6 Å². The molecular formula is C18H24N2O4. The van der Waals surface area contributed by atoms with E-state index in [1.54, 1.807) is 0 Å². The fraction of sp³-hybridized carbons (Fsp3) is 0.500. The fourth-order valence-electron chi connectivity index (χ4n) is 2.62.